The lowest BCUT2D eigenvalue weighted by Crippen LogP contribution is -2.54. The van der Waals surface area contributed by atoms with Crippen LogP contribution in [0.25, 0.3) is 0 Å². The number of hydrogen-bond donors (Lipinski definition) is 8. The molecule has 10 aromatic rings. The second-order valence-corrected chi connectivity index (χ2v) is 31.4. The largest absolute Gasteiger partial charge is 0.383 e. The van der Waals surface area contributed by atoms with Gasteiger partial charge >= 0.3 is 0 Å². The quantitative estimate of drug-likeness (QED) is 0.0370. The number of pyridine rings is 10. The van der Waals surface area contributed by atoms with Crippen LogP contribution in [0, 0.1) is 17.8 Å². The van der Waals surface area contributed by atoms with E-state index in [1.165, 1.54) is 12.6 Å². The second-order valence-electron chi connectivity index (χ2n) is 30.5. The number of ketones is 6. The van der Waals surface area contributed by atoms with Crippen molar-refractivity contribution < 1.29 is 28.8 Å². The van der Waals surface area contributed by atoms with Gasteiger partial charge in [0.2, 0.25) is 28.9 Å². The predicted octanol–water partition coefficient (Wildman–Crippen LogP) is 10.1. The average molecular weight is 1650 g/mol. The summed E-state index contributed by atoms with van der Waals surface area (Å²) in [6.07, 6.45) is 12.8. The van der Waals surface area contributed by atoms with Crippen LogP contribution in [0.5, 0.6) is 0 Å². The van der Waals surface area contributed by atoms with Crippen molar-refractivity contribution in [3.8, 4) is 0 Å². The summed E-state index contributed by atoms with van der Waals surface area (Å²) in [6.45, 7) is 25.6. The monoisotopic (exact) mass is 1650 g/mol. The fourth-order valence-corrected chi connectivity index (χ4v) is 14.9. The van der Waals surface area contributed by atoms with Crippen LogP contribution in [0.15, 0.2) is 181 Å². The molecule has 5 saturated heterocycles. The van der Waals surface area contributed by atoms with Gasteiger partial charge in [-0.25, -0.2) is 49.8 Å². The number of nitrogen functional groups attached to an aromatic ring is 5. The summed E-state index contributed by atoms with van der Waals surface area (Å²) in [5, 5.41) is 10.6. The number of carbonyl (C=O) groups excluding carboxylic acids is 6. The lowest BCUT2D eigenvalue weighted by Gasteiger charge is -2.37. The van der Waals surface area contributed by atoms with E-state index in [0.29, 0.717) is 116 Å². The first-order chi connectivity index (χ1) is 56.3. The molecule has 610 valence electrons. The molecule has 0 radical (unpaired) electrons. The van der Waals surface area contributed by atoms with Crippen molar-refractivity contribution in [2.24, 2.45) is 17.8 Å². The molecule has 15 rings (SSSR count). The standard InChI is InChI=1S/C19H25N5O.C18H23N5O.C17H21N5O.C17H20N4O.C16H15BrN4O2/c1-13(2)11-14-12-24(10-9-21-14)17-7-3-6-16(23-17)18(25)15-5-4-8-22-19(15)20;1-12(2)15-11-23(10-9-20-15)16-7-3-6-14(22-16)17(24)13-5-4-8-21-18(13)19;1-11-9-22(10-12(2)20-11)15-7-3-6-14(21-15)16(23)13-5-4-8-19-17(13)18;1-12-5-4-10-21(11-12)15-8-2-7-14(20-15)16(22)13-6-3-9-19-17(13)18;17-10-7-12(16(18)19-8-10)15(23)13-4-1-5-14(20-13)21-6-2-3-11(22)9-21/h3-8,13-14,21H,9-12H2,1-2H3,(H2,20,22);3-8,12,15,20H,9-11H2,1-2H3,(H2,19,21);3-8,11-12,20H,9-10H2,1-2H3,(H2,18,19);2-3,6-9,12H,4-5,10-11H2,1H3,(H2,18,19);1,4-5,7-8H,2-3,6,9H2,(H2,18,19)/t14-;15-;11-,12+;12-;/m01.0./s1. The number of rotatable bonds is 18. The summed E-state index contributed by atoms with van der Waals surface area (Å²) in [6, 6.07) is 44.2. The van der Waals surface area contributed by atoms with Crippen molar-refractivity contribution in [1.82, 2.24) is 65.8 Å². The number of anilines is 10. The second kappa shape index (κ2) is 40.9. The van der Waals surface area contributed by atoms with E-state index in [0.717, 1.165) is 115 Å². The zero-order valence-electron chi connectivity index (χ0n) is 67.2. The molecule has 117 heavy (non-hydrogen) atoms. The third-order valence-corrected chi connectivity index (χ3v) is 20.8. The predicted molar refractivity (Wildman–Crippen MR) is 463 cm³/mol. The Labute approximate surface area is 691 Å². The number of nitrogens with zero attached hydrogens (tertiary/aromatic N) is 15. The molecule has 10 aromatic heterocycles. The average Bonchev–Trinajstić information content (AvgIpc) is 0.835. The molecule has 0 amide bonds. The molecule has 0 aromatic carbocycles. The number of hydrogen-bond acceptors (Lipinski definition) is 29. The van der Waals surface area contributed by atoms with Crippen LogP contribution in [0.3, 0.4) is 0 Å². The molecule has 5 aliphatic rings. The number of carbonyl (C=O) groups is 6. The van der Waals surface area contributed by atoms with Gasteiger partial charge in [-0.15, -0.1) is 0 Å². The third-order valence-electron chi connectivity index (χ3n) is 20.4. The summed E-state index contributed by atoms with van der Waals surface area (Å²) in [7, 11) is 0. The summed E-state index contributed by atoms with van der Waals surface area (Å²) in [5.41, 5.74) is 32.8. The molecule has 0 aliphatic carbocycles. The number of Topliss-reactive ketones (excluding diaryl/α,β-unsaturated/α-hetero) is 1. The van der Waals surface area contributed by atoms with Gasteiger partial charge in [0.15, 0.2) is 5.78 Å². The van der Waals surface area contributed by atoms with E-state index >= 15 is 0 Å². The SMILES string of the molecule is CC(C)C[C@H]1CN(c2cccc(C(=O)c3cccnc3N)n2)CCN1.CC(C)[C@H]1CN(c2cccc(C(=O)c3cccnc3N)n2)CCN1.C[C@@H]1CN(c2cccc(C(=O)c3cccnc3N)n2)C[C@H](C)N1.C[C@H]1CCCN(c2cccc(C(=O)c3cccnc3N)n2)C1.Nc1ncc(Br)cc1C(=O)c1cccc(N2CCCC(=O)C2)n1. The highest BCUT2D eigenvalue weighted by Gasteiger charge is 2.29. The van der Waals surface area contributed by atoms with Gasteiger partial charge in [0.25, 0.3) is 0 Å². The summed E-state index contributed by atoms with van der Waals surface area (Å²) >= 11 is 3.28. The summed E-state index contributed by atoms with van der Waals surface area (Å²) < 4.78 is 0.674. The van der Waals surface area contributed by atoms with Gasteiger partial charge < -0.3 is 69.1 Å². The Kier molecular flexibility index (Phi) is 30.0. The van der Waals surface area contributed by atoms with Gasteiger partial charge in [0.05, 0.1) is 34.4 Å². The van der Waals surface area contributed by atoms with E-state index in [4.69, 9.17) is 28.7 Å². The van der Waals surface area contributed by atoms with Crippen LogP contribution in [-0.2, 0) is 4.79 Å². The van der Waals surface area contributed by atoms with Crippen molar-refractivity contribution in [3.63, 3.8) is 0 Å². The lowest BCUT2D eigenvalue weighted by atomic mass is 10.0. The van der Waals surface area contributed by atoms with Gasteiger partial charge in [0.1, 0.15) is 86.6 Å². The fourth-order valence-electron chi connectivity index (χ4n) is 14.5. The summed E-state index contributed by atoms with van der Waals surface area (Å²) in [4.78, 5) is 128. The first-order valence-electron chi connectivity index (χ1n) is 39.6. The van der Waals surface area contributed by atoms with E-state index in [1.807, 2.05) is 53.4 Å². The number of halogens is 1. The fraction of sp³-hybridized carbons (Fsp3) is 0.356. The van der Waals surface area contributed by atoms with Crippen LogP contribution in [-0.4, -0.2) is 187 Å². The van der Waals surface area contributed by atoms with Crippen LogP contribution in [0.2, 0.25) is 0 Å². The lowest BCUT2D eigenvalue weighted by molar-refractivity contribution is -0.118. The van der Waals surface area contributed by atoms with E-state index in [1.54, 1.807) is 122 Å². The Morgan fingerprint density at radius 3 is 1.21 bits per heavy atom. The molecule has 5 atom stereocenters. The maximum absolute atomic E-state index is 12.7. The van der Waals surface area contributed by atoms with Gasteiger partial charge in [-0.2, -0.15) is 0 Å². The van der Waals surface area contributed by atoms with Crippen LogP contribution in [0.4, 0.5) is 58.2 Å². The topological polar surface area (TPSA) is 414 Å². The van der Waals surface area contributed by atoms with Crippen LogP contribution < -0.4 is 69.1 Å². The Morgan fingerprint density at radius 1 is 0.436 bits per heavy atom. The molecule has 13 N–H and O–H groups in total. The Balaban J connectivity index is 0.000000144. The smallest absolute Gasteiger partial charge is 0.215 e. The first kappa shape index (κ1) is 85.8. The van der Waals surface area contributed by atoms with Crippen LogP contribution in [0.1, 0.15) is 161 Å². The normalized spacial score (nSPS) is 18.0. The Hall–Kier alpha value is -12.1. The Bertz CT molecular complexity index is 5100. The third kappa shape index (κ3) is 23.4. The first-order valence-corrected chi connectivity index (χ1v) is 40.4. The minimum absolute atomic E-state index is 0.165. The van der Waals surface area contributed by atoms with Gasteiger partial charge in [-0.05, 0) is 188 Å². The highest BCUT2D eigenvalue weighted by Crippen LogP contribution is 2.28. The van der Waals surface area contributed by atoms with Crippen molar-refractivity contribution in [2.45, 2.75) is 105 Å². The molecule has 15 heterocycles. The van der Waals surface area contributed by atoms with Crippen molar-refractivity contribution in [3.05, 3.63) is 237 Å². The van der Waals surface area contributed by atoms with E-state index in [2.05, 4.69) is 150 Å². The number of nitrogens with two attached hydrogens (primary N) is 5. The van der Waals surface area contributed by atoms with Gasteiger partial charge in [0, 0.05) is 138 Å². The minimum Gasteiger partial charge on any atom is -0.383 e. The van der Waals surface area contributed by atoms with E-state index in [-0.39, 0.29) is 69.5 Å². The van der Waals surface area contributed by atoms with Crippen LogP contribution >= 0.6 is 15.9 Å². The number of piperazine rings is 3. The highest BCUT2D eigenvalue weighted by molar-refractivity contribution is 9.10. The van der Waals surface area contributed by atoms with Gasteiger partial charge in [-0.1, -0.05) is 65.0 Å². The minimum atomic E-state index is -0.290. The van der Waals surface area contributed by atoms with E-state index < -0.39 is 0 Å². The molecule has 0 unspecified atom stereocenters. The number of nitrogens with one attached hydrogen (secondary N) is 3. The van der Waals surface area contributed by atoms with Crippen molar-refractivity contribution >= 4 is 109 Å². The summed E-state index contributed by atoms with van der Waals surface area (Å²) in [5.74, 6) is 6.06. The Morgan fingerprint density at radius 2 is 0.812 bits per heavy atom. The molecular formula is C87H104BrN23O6. The maximum atomic E-state index is 12.7. The molecule has 30 heteroatoms. The van der Waals surface area contributed by atoms with E-state index in [9.17, 15) is 28.8 Å². The van der Waals surface area contributed by atoms with Crippen molar-refractivity contribution in [1.29, 1.82) is 0 Å². The zero-order valence-corrected chi connectivity index (χ0v) is 68.8. The molecule has 0 bridgehead atoms. The van der Waals surface area contributed by atoms with Crippen molar-refractivity contribution in [2.75, 3.05) is 132 Å². The molecule has 5 fully saturated rings. The molecule has 29 nitrogen and oxygen atoms in total. The molecule has 5 aliphatic heterocycles. The molecule has 0 spiro atoms. The molecule has 0 saturated carbocycles. The zero-order chi connectivity index (χ0) is 83.2. The number of piperidine rings is 2. The maximum Gasteiger partial charge on any atom is 0.215 e. The molecular weight excluding hydrogens is 1540 g/mol. The highest BCUT2D eigenvalue weighted by atomic mass is 79.9. The number of aromatic nitrogens is 10. The van der Waals surface area contributed by atoms with Gasteiger partial charge in [-0.3, -0.25) is 28.8 Å².